The molecule has 0 aliphatic carbocycles. The van der Waals surface area contributed by atoms with Gasteiger partial charge in [0, 0.05) is 4.88 Å². The van der Waals surface area contributed by atoms with E-state index in [0.717, 1.165) is 21.9 Å². The fourth-order valence-corrected chi connectivity index (χ4v) is 3.85. The average molecular weight is 390 g/mol. The molecule has 0 bridgehead atoms. The number of rotatable bonds is 5. The van der Waals surface area contributed by atoms with E-state index in [9.17, 15) is 18.8 Å². The number of nitrogens with zero attached hydrogens (tertiary/aromatic N) is 2. The fraction of sp³-hybridized carbons (Fsp3) is 0.333. The minimum Gasteiger partial charge on any atom is -0.319 e. The van der Waals surface area contributed by atoms with Crippen molar-refractivity contribution in [2.75, 3.05) is 11.9 Å². The lowest BCUT2D eigenvalue weighted by Gasteiger charge is -2.22. The third kappa shape index (κ3) is 3.55. The second-order valence-corrected chi connectivity index (χ2v) is 7.58. The predicted molar refractivity (Wildman–Crippen MR) is 98.9 cm³/mol. The highest BCUT2D eigenvalue weighted by molar-refractivity contribution is 7.15. The Bertz CT molecular complexity index is 912. The Kier molecular flexibility index (Phi) is 4.97. The van der Waals surface area contributed by atoms with Gasteiger partial charge in [0.15, 0.2) is 5.13 Å². The summed E-state index contributed by atoms with van der Waals surface area (Å²) >= 11 is 1.34. The van der Waals surface area contributed by atoms with Crippen molar-refractivity contribution in [3.05, 3.63) is 46.2 Å². The highest BCUT2D eigenvalue weighted by Gasteiger charge is 2.49. The summed E-state index contributed by atoms with van der Waals surface area (Å²) in [4.78, 5) is 43.5. The van der Waals surface area contributed by atoms with E-state index in [4.69, 9.17) is 0 Å². The predicted octanol–water partition coefficient (Wildman–Crippen LogP) is 2.56. The molecule has 1 atom stereocenters. The van der Waals surface area contributed by atoms with Gasteiger partial charge in [0.25, 0.3) is 5.91 Å². The third-order valence-electron chi connectivity index (χ3n) is 4.47. The van der Waals surface area contributed by atoms with Crippen molar-refractivity contribution in [3.8, 4) is 0 Å². The molecule has 0 spiro atoms. The van der Waals surface area contributed by atoms with Crippen LogP contribution in [0.1, 0.15) is 30.0 Å². The molecule has 1 fully saturated rings. The number of nitrogens with one attached hydrogen (secondary N) is 2. The zero-order chi connectivity index (χ0) is 19.8. The van der Waals surface area contributed by atoms with Crippen LogP contribution in [0.5, 0.6) is 0 Å². The first kappa shape index (κ1) is 19.0. The van der Waals surface area contributed by atoms with E-state index in [0.29, 0.717) is 10.7 Å². The van der Waals surface area contributed by atoms with Gasteiger partial charge in [-0.05, 0) is 38.0 Å². The summed E-state index contributed by atoms with van der Waals surface area (Å²) in [5.74, 6) is -1.53. The molecule has 142 valence electrons. The molecule has 0 radical (unpaired) electrons. The molecule has 2 N–H and O–H groups in total. The zero-order valence-corrected chi connectivity index (χ0v) is 15.9. The van der Waals surface area contributed by atoms with Crippen LogP contribution >= 0.6 is 11.3 Å². The topological polar surface area (TPSA) is 91.4 Å². The molecule has 9 heteroatoms. The number of benzene rings is 1. The maximum Gasteiger partial charge on any atom is 0.325 e. The first-order chi connectivity index (χ1) is 12.7. The average Bonchev–Trinajstić information content (AvgIpc) is 3.07. The Balaban J connectivity index is 1.73. The number of carbonyl (C=O) groups excluding carboxylic acids is 3. The van der Waals surface area contributed by atoms with Gasteiger partial charge in [-0.2, -0.15) is 0 Å². The number of aromatic nitrogens is 1. The Morgan fingerprint density at radius 1 is 1.33 bits per heavy atom. The lowest BCUT2D eigenvalue weighted by atomic mass is 9.92. The Morgan fingerprint density at radius 3 is 2.59 bits per heavy atom. The van der Waals surface area contributed by atoms with Crippen LogP contribution in [0.2, 0.25) is 0 Å². The van der Waals surface area contributed by atoms with E-state index in [1.807, 2.05) is 13.8 Å². The van der Waals surface area contributed by atoms with Crippen LogP contribution in [0.25, 0.3) is 0 Å². The van der Waals surface area contributed by atoms with E-state index >= 15 is 0 Å². The SMILES string of the molecule is CCc1nc(NC(=O)CN2C(=O)NC(C)(c3ccc(F)cc3)C2=O)sc1C. The van der Waals surface area contributed by atoms with Gasteiger partial charge in [0.1, 0.15) is 17.9 Å². The monoisotopic (exact) mass is 390 g/mol. The molecule has 7 nitrogen and oxygen atoms in total. The van der Waals surface area contributed by atoms with Gasteiger partial charge in [-0.15, -0.1) is 11.3 Å². The largest absolute Gasteiger partial charge is 0.325 e. The summed E-state index contributed by atoms with van der Waals surface area (Å²) < 4.78 is 13.1. The van der Waals surface area contributed by atoms with Gasteiger partial charge in [0.05, 0.1) is 5.69 Å². The maximum absolute atomic E-state index is 13.1. The van der Waals surface area contributed by atoms with Gasteiger partial charge in [-0.3, -0.25) is 14.5 Å². The molecule has 4 amide bonds. The number of hydrogen-bond acceptors (Lipinski definition) is 5. The Morgan fingerprint density at radius 2 is 2.00 bits per heavy atom. The summed E-state index contributed by atoms with van der Waals surface area (Å²) in [5.41, 5.74) is -0.0134. The van der Waals surface area contributed by atoms with E-state index in [2.05, 4.69) is 15.6 Å². The summed E-state index contributed by atoms with van der Waals surface area (Å²) in [7, 11) is 0. The van der Waals surface area contributed by atoms with E-state index in [-0.39, 0.29) is 0 Å². The molecule has 2 heterocycles. The summed E-state index contributed by atoms with van der Waals surface area (Å²) in [6, 6.07) is 4.62. The smallest absolute Gasteiger partial charge is 0.319 e. The Labute approximate surface area is 159 Å². The van der Waals surface area contributed by atoms with Crippen molar-refractivity contribution in [2.24, 2.45) is 0 Å². The lowest BCUT2D eigenvalue weighted by molar-refractivity contribution is -0.133. The summed E-state index contributed by atoms with van der Waals surface area (Å²) in [5, 5.41) is 5.64. The van der Waals surface area contributed by atoms with Crippen molar-refractivity contribution in [3.63, 3.8) is 0 Å². The van der Waals surface area contributed by atoms with Crippen molar-refractivity contribution >= 4 is 34.3 Å². The third-order valence-corrected chi connectivity index (χ3v) is 5.40. The minimum atomic E-state index is -1.35. The molecule has 0 saturated carbocycles. The number of halogens is 1. The standard InChI is InChI=1S/C18H19FN4O3S/c1-4-13-10(2)27-16(20-13)21-14(24)9-23-15(25)18(3,22-17(23)26)11-5-7-12(19)8-6-11/h5-8H,4,9H2,1-3H3,(H,22,26)(H,20,21,24). The maximum atomic E-state index is 13.1. The van der Waals surface area contributed by atoms with Crippen LogP contribution in [-0.4, -0.2) is 34.3 Å². The normalized spacial score (nSPS) is 19.3. The zero-order valence-electron chi connectivity index (χ0n) is 15.1. The highest BCUT2D eigenvalue weighted by Crippen LogP contribution is 2.29. The van der Waals surface area contributed by atoms with Crippen LogP contribution in [0, 0.1) is 12.7 Å². The first-order valence-corrected chi connectivity index (χ1v) is 9.22. The first-order valence-electron chi connectivity index (χ1n) is 8.41. The quantitative estimate of drug-likeness (QED) is 0.768. The molecule has 27 heavy (non-hydrogen) atoms. The molecular formula is C18H19FN4O3S. The number of urea groups is 1. The van der Waals surface area contributed by atoms with Gasteiger partial charge in [0.2, 0.25) is 5.91 Å². The second kappa shape index (κ2) is 7.07. The fourth-order valence-electron chi connectivity index (χ4n) is 2.93. The molecule has 1 aromatic carbocycles. The molecule has 1 unspecified atom stereocenters. The van der Waals surface area contributed by atoms with Crippen molar-refractivity contribution in [1.82, 2.24) is 15.2 Å². The van der Waals surface area contributed by atoms with Crippen molar-refractivity contribution in [2.45, 2.75) is 32.7 Å². The van der Waals surface area contributed by atoms with Crippen LogP contribution in [0.4, 0.5) is 14.3 Å². The number of thiazole rings is 1. The molecule has 3 rings (SSSR count). The molecule has 2 aromatic rings. The highest BCUT2D eigenvalue weighted by atomic mass is 32.1. The van der Waals surface area contributed by atoms with Gasteiger partial charge in [-0.1, -0.05) is 19.1 Å². The molecule has 1 saturated heterocycles. The van der Waals surface area contributed by atoms with Crippen LogP contribution < -0.4 is 10.6 Å². The van der Waals surface area contributed by atoms with Gasteiger partial charge >= 0.3 is 6.03 Å². The minimum absolute atomic E-state index is 0.429. The number of hydrogen-bond donors (Lipinski definition) is 2. The number of imide groups is 1. The van der Waals surface area contributed by atoms with Crippen molar-refractivity contribution < 1.29 is 18.8 Å². The number of aryl methyl sites for hydroxylation is 2. The van der Waals surface area contributed by atoms with Crippen LogP contribution in [-0.2, 0) is 21.5 Å². The Hall–Kier alpha value is -2.81. The second-order valence-electron chi connectivity index (χ2n) is 6.38. The molecule has 1 aliphatic heterocycles. The van der Waals surface area contributed by atoms with E-state index < -0.39 is 35.7 Å². The van der Waals surface area contributed by atoms with Gasteiger partial charge < -0.3 is 10.6 Å². The van der Waals surface area contributed by atoms with E-state index in [1.165, 1.54) is 42.5 Å². The molecule has 1 aromatic heterocycles. The summed E-state index contributed by atoms with van der Waals surface area (Å²) in [6.45, 7) is 4.98. The number of anilines is 1. The summed E-state index contributed by atoms with van der Waals surface area (Å²) in [6.07, 6.45) is 0.751. The molecular weight excluding hydrogens is 371 g/mol. The van der Waals surface area contributed by atoms with E-state index in [1.54, 1.807) is 0 Å². The van der Waals surface area contributed by atoms with Crippen LogP contribution in [0.15, 0.2) is 24.3 Å². The van der Waals surface area contributed by atoms with Crippen molar-refractivity contribution in [1.29, 1.82) is 0 Å². The lowest BCUT2D eigenvalue weighted by Crippen LogP contribution is -2.42. The number of carbonyl (C=O) groups is 3. The number of amides is 4. The van der Waals surface area contributed by atoms with Gasteiger partial charge in [-0.25, -0.2) is 14.2 Å². The molecule has 1 aliphatic rings. The van der Waals surface area contributed by atoms with Crippen LogP contribution in [0.3, 0.4) is 0 Å².